The third-order valence-electron chi connectivity index (χ3n) is 6.58. The fraction of sp³-hybridized carbons (Fsp3) is 0.545. The van der Waals surface area contributed by atoms with Gasteiger partial charge in [0, 0.05) is 31.9 Å². The molecule has 0 bridgehead atoms. The normalized spacial score (nSPS) is 23.3. The van der Waals surface area contributed by atoms with E-state index in [1.165, 1.54) is 31.2 Å². The molecule has 0 unspecified atom stereocenters. The Morgan fingerprint density at radius 1 is 1.23 bits per heavy atom. The van der Waals surface area contributed by atoms with E-state index in [4.69, 9.17) is 0 Å². The lowest BCUT2D eigenvalue weighted by Gasteiger charge is -2.22. The minimum Gasteiger partial charge on any atom is -0.355 e. The average molecular weight is 351 g/mol. The number of carbonyl (C=O) groups excluding carboxylic acids is 1. The zero-order valence-corrected chi connectivity index (χ0v) is 15.7. The number of carbonyl (C=O) groups is 1. The van der Waals surface area contributed by atoms with Gasteiger partial charge >= 0.3 is 0 Å². The van der Waals surface area contributed by atoms with Crippen LogP contribution in [0.15, 0.2) is 42.7 Å². The van der Waals surface area contributed by atoms with E-state index in [1.54, 1.807) is 0 Å². The largest absolute Gasteiger partial charge is 0.355 e. The third-order valence-corrected chi connectivity index (χ3v) is 6.58. The van der Waals surface area contributed by atoms with Crippen molar-refractivity contribution in [3.63, 3.8) is 0 Å². The molecule has 1 heterocycles. The van der Waals surface area contributed by atoms with Crippen LogP contribution < -0.4 is 5.32 Å². The number of imidazole rings is 1. The summed E-state index contributed by atoms with van der Waals surface area (Å²) in [4.78, 5) is 17.6. The molecule has 2 fully saturated rings. The molecule has 2 aliphatic rings. The van der Waals surface area contributed by atoms with Crippen molar-refractivity contribution in [1.82, 2.24) is 14.9 Å². The number of rotatable bonds is 7. The predicted molar refractivity (Wildman–Crippen MR) is 103 cm³/mol. The van der Waals surface area contributed by atoms with E-state index >= 15 is 0 Å². The highest BCUT2D eigenvalue weighted by atomic mass is 16.2. The smallest absolute Gasteiger partial charge is 0.231 e. The molecule has 1 spiro atoms. The molecule has 4 nitrogen and oxygen atoms in total. The molecular formula is C22H29N3O. The van der Waals surface area contributed by atoms with Gasteiger partial charge in [0.15, 0.2) is 0 Å². The van der Waals surface area contributed by atoms with Gasteiger partial charge < -0.3 is 9.88 Å². The SMILES string of the molecule is CCc1nccn1CCCNC(=O)[C@]1(c2ccccc2)CC12CCCC2. The summed E-state index contributed by atoms with van der Waals surface area (Å²) in [7, 11) is 0. The maximum absolute atomic E-state index is 13.2. The number of amides is 1. The third kappa shape index (κ3) is 2.76. The zero-order chi connectivity index (χ0) is 18.0. The minimum atomic E-state index is -0.283. The van der Waals surface area contributed by atoms with Crippen LogP contribution >= 0.6 is 0 Å². The van der Waals surface area contributed by atoms with Gasteiger partial charge in [0.25, 0.3) is 0 Å². The van der Waals surface area contributed by atoms with Crippen molar-refractivity contribution in [2.45, 2.75) is 63.8 Å². The Labute approximate surface area is 156 Å². The van der Waals surface area contributed by atoms with Gasteiger partial charge in [-0.05, 0) is 36.7 Å². The van der Waals surface area contributed by atoms with E-state index in [0.717, 1.165) is 38.2 Å². The van der Waals surface area contributed by atoms with Crippen molar-refractivity contribution < 1.29 is 4.79 Å². The Morgan fingerprint density at radius 2 is 2.00 bits per heavy atom. The quantitative estimate of drug-likeness (QED) is 0.770. The molecule has 1 aromatic heterocycles. The van der Waals surface area contributed by atoms with Crippen molar-refractivity contribution in [2.24, 2.45) is 5.41 Å². The molecule has 0 saturated heterocycles. The van der Waals surface area contributed by atoms with Crippen molar-refractivity contribution in [2.75, 3.05) is 6.54 Å². The molecule has 26 heavy (non-hydrogen) atoms. The molecule has 138 valence electrons. The lowest BCUT2D eigenvalue weighted by Crippen LogP contribution is -2.39. The first-order chi connectivity index (χ1) is 12.7. The minimum absolute atomic E-state index is 0.220. The van der Waals surface area contributed by atoms with E-state index in [2.05, 4.69) is 46.1 Å². The maximum Gasteiger partial charge on any atom is 0.231 e. The highest BCUT2D eigenvalue weighted by Crippen LogP contribution is 2.72. The van der Waals surface area contributed by atoms with E-state index in [9.17, 15) is 4.79 Å². The highest BCUT2D eigenvalue weighted by Gasteiger charge is 2.72. The lowest BCUT2D eigenvalue weighted by molar-refractivity contribution is -0.124. The van der Waals surface area contributed by atoms with E-state index < -0.39 is 0 Å². The molecule has 4 heteroatoms. The molecule has 2 aromatic rings. The van der Waals surface area contributed by atoms with Crippen molar-refractivity contribution in [3.05, 3.63) is 54.1 Å². The molecule has 2 saturated carbocycles. The number of benzene rings is 1. The first kappa shape index (κ1) is 17.3. The van der Waals surface area contributed by atoms with Crippen molar-refractivity contribution in [3.8, 4) is 0 Å². The van der Waals surface area contributed by atoms with E-state index in [-0.39, 0.29) is 16.7 Å². The van der Waals surface area contributed by atoms with Crippen LogP contribution in [0.2, 0.25) is 0 Å². The number of aryl methyl sites for hydroxylation is 2. The average Bonchev–Trinajstić information content (AvgIpc) is 2.98. The summed E-state index contributed by atoms with van der Waals surface area (Å²) in [6.07, 6.45) is 11.7. The summed E-state index contributed by atoms with van der Waals surface area (Å²) in [5.41, 5.74) is 1.15. The Hall–Kier alpha value is -2.10. The second kappa shape index (κ2) is 6.90. The van der Waals surface area contributed by atoms with Crippen LogP contribution in [-0.4, -0.2) is 22.0 Å². The van der Waals surface area contributed by atoms with Crippen LogP contribution in [0.1, 0.15) is 56.8 Å². The summed E-state index contributed by atoms with van der Waals surface area (Å²) in [5, 5.41) is 3.26. The van der Waals surface area contributed by atoms with Crippen LogP contribution in [-0.2, 0) is 23.2 Å². The molecule has 1 aromatic carbocycles. The standard InChI is InChI=1S/C22H29N3O/c1-2-19-23-14-16-25(19)15-8-13-24-20(26)22(18-9-4-3-5-10-18)17-21(22)11-6-7-12-21/h3-5,9-10,14,16H,2,6-8,11-13,15,17H2,1H3,(H,24,26)/t22-/m1/s1. The molecule has 0 radical (unpaired) electrons. The fourth-order valence-electron chi connectivity index (χ4n) is 5.16. The fourth-order valence-corrected chi connectivity index (χ4v) is 5.16. The summed E-state index contributed by atoms with van der Waals surface area (Å²) in [6.45, 7) is 3.76. The van der Waals surface area contributed by atoms with Gasteiger partial charge in [-0.25, -0.2) is 4.98 Å². The highest BCUT2D eigenvalue weighted by molar-refractivity contribution is 5.93. The summed E-state index contributed by atoms with van der Waals surface area (Å²) in [5.74, 6) is 1.36. The number of aromatic nitrogens is 2. The number of nitrogens with zero attached hydrogens (tertiary/aromatic N) is 2. The number of hydrogen-bond acceptors (Lipinski definition) is 2. The zero-order valence-electron chi connectivity index (χ0n) is 15.7. The van der Waals surface area contributed by atoms with Gasteiger partial charge in [0.05, 0.1) is 5.41 Å². The second-order valence-electron chi connectivity index (χ2n) is 7.94. The maximum atomic E-state index is 13.2. The molecule has 0 aliphatic heterocycles. The van der Waals surface area contributed by atoms with Gasteiger partial charge in [-0.15, -0.1) is 0 Å². The van der Waals surface area contributed by atoms with Gasteiger partial charge in [0.2, 0.25) is 5.91 Å². The van der Waals surface area contributed by atoms with Crippen LogP contribution in [0.25, 0.3) is 0 Å². The van der Waals surface area contributed by atoms with E-state index in [0.29, 0.717) is 0 Å². The predicted octanol–water partition coefficient (Wildman–Crippen LogP) is 3.85. The Morgan fingerprint density at radius 3 is 2.73 bits per heavy atom. The molecule has 1 N–H and O–H groups in total. The van der Waals surface area contributed by atoms with Crippen LogP contribution in [0.5, 0.6) is 0 Å². The Kier molecular flexibility index (Phi) is 4.60. The van der Waals surface area contributed by atoms with Gasteiger partial charge in [0.1, 0.15) is 5.82 Å². The van der Waals surface area contributed by atoms with Gasteiger partial charge in [-0.3, -0.25) is 4.79 Å². The van der Waals surface area contributed by atoms with Crippen LogP contribution in [0.3, 0.4) is 0 Å². The topological polar surface area (TPSA) is 46.9 Å². The number of nitrogens with one attached hydrogen (secondary N) is 1. The first-order valence-corrected chi connectivity index (χ1v) is 10.1. The monoisotopic (exact) mass is 351 g/mol. The number of hydrogen-bond donors (Lipinski definition) is 1. The molecular weight excluding hydrogens is 322 g/mol. The lowest BCUT2D eigenvalue weighted by atomic mass is 9.84. The van der Waals surface area contributed by atoms with Gasteiger partial charge in [-0.1, -0.05) is 50.1 Å². The summed E-state index contributed by atoms with van der Waals surface area (Å²) in [6, 6.07) is 10.5. The van der Waals surface area contributed by atoms with E-state index in [1.807, 2.05) is 18.5 Å². The first-order valence-electron chi connectivity index (χ1n) is 10.1. The second-order valence-corrected chi connectivity index (χ2v) is 7.94. The molecule has 1 atom stereocenters. The van der Waals surface area contributed by atoms with Gasteiger partial charge in [-0.2, -0.15) is 0 Å². The van der Waals surface area contributed by atoms with Crippen LogP contribution in [0.4, 0.5) is 0 Å². The molecule has 2 aliphatic carbocycles. The summed E-state index contributed by atoms with van der Waals surface area (Å²) >= 11 is 0. The molecule has 1 amide bonds. The summed E-state index contributed by atoms with van der Waals surface area (Å²) < 4.78 is 2.19. The van der Waals surface area contributed by atoms with Crippen molar-refractivity contribution >= 4 is 5.91 Å². The Bertz CT molecular complexity index is 761. The Balaban J connectivity index is 1.40. The van der Waals surface area contributed by atoms with Crippen molar-refractivity contribution in [1.29, 1.82) is 0 Å². The molecule has 4 rings (SSSR count). The van der Waals surface area contributed by atoms with Crippen LogP contribution in [0, 0.1) is 5.41 Å².